The van der Waals surface area contributed by atoms with Crippen molar-refractivity contribution in [3.05, 3.63) is 77.4 Å². The largest absolute Gasteiger partial charge is 0.341 e. The summed E-state index contributed by atoms with van der Waals surface area (Å²) in [5.41, 5.74) is 3.48. The van der Waals surface area contributed by atoms with E-state index in [-0.39, 0.29) is 17.8 Å². The quantitative estimate of drug-likeness (QED) is 0.633. The summed E-state index contributed by atoms with van der Waals surface area (Å²) in [5, 5.41) is 7.94. The summed E-state index contributed by atoms with van der Waals surface area (Å²) in [4.78, 5) is 24.0. The number of hydrogen-bond donors (Lipinski definition) is 3. The monoisotopic (exact) mass is 380 g/mol. The Labute approximate surface area is 162 Å². The number of halogens is 1. The summed E-state index contributed by atoms with van der Waals surface area (Å²) in [6, 6.07) is 14.6. The highest BCUT2D eigenvalue weighted by molar-refractivity contribution is 6.05. The van der Waals surface area contributed by atoms with E-state index in [9.17, 15) is 14.0 Å². The standard InChI is InChI=1S/C21H21FN4O2/c1-13-12-17(14(2)26(13)19-7-5-4-6-18(19)22)20(27)24-15-8-10-16(11-9-15)25-21(28)23-3/h4-12H,1-3H3,(H,24,27)(H2,23,25,28). The number of aromatic nitrogens is 1. The highest BCUT2D eigenvalue weighted by Crippen LogP contribution is 2.24. The average molecular weight is 380 g/mol. The topological polar surface area (TPSA) is 75.2 Å². The van der Waals surface area contributed by atoms with Gasteiger partial charge in [-0.05, 0) is 56.3 Å². The lowest BCUT2D eigenvalue weighted by Gasteiger charge is -2.11. The fourth-order valence-corrected chi connectivity index (χ4v) is 3.03. The zero-order valence-corrected chi connectivity index (χ0v) is 15.8. The molecule has 0 fully saturated rings. The van der Waals surface area contributed by atoms with Crippen LogP contribution in [-0.4, -0.2) is 23.6 Å². The van der Waals surface area contributed by atoms with E-state index in [1.165, 1.54) is 13.1 Å². The van der Waals surface area contributed by atoms with E-state index in [2.05, 4.69) is 16.0 Å². The number of anilines is 2. The van der Waals surface area contributed by atoms with Crippen molar-refractivity contribution in [1.82, 2.24) is 9.88 Å². The molecule has 1 aromatic heterocycles. The first-order valence-electron chi connectivity index (χ1n) is 8.74. The van der Waals surface area contributed by atoms with Gasteiger partial charge in [0.05, 0.1) is 11.3 Å². The molecular weight excluding hydrogens is 359 g/mol. The molecule has 144 valence electrons. The second-order valence-electron chi connectivity index (χ2n) is 6.31. The van der Waals surface area contributed by atoms with Crippen molar-refractivity contribution < 1.29 is 14.0 Å². The van der Waals surface area contributed by atoms with Crippen molar-refractivity contribution in [1.29, 1.82) is 0 Å². The van der Waals surface area contributed by atoms with Gasteiger partial charge >= 0.3 is 6.03 Å². The number of hydrogen-bond acceptors (Lipinski definition) is 2. The number of urea groups is 1. The molecule has 3 N–H and O–H groups in total. The SMILES string of the molecule is CNC(=O)Nc1ccc(NC(=O)c2cc(C)n(-c3ccccc3F)c2C)cc1. The first kappa shape index (κ1) is 19.2. The molecule has 6 nitrogen and oxygen atoms in total. The van der Waals surface area contributed by atoms with Crippen molar-refractivity contribution in [2.75, 3.05) is 17.7 Å². The van der Waals surface area contributed by atoms with Gasteiger partial charge in [-0.1, -0.05) is 12.1 Å². The molecule has 0 aliphatic rings. The van der Waals surface area contributed by atoms with Gasteiger partial charge in [0.2, 0.25) is 0 Å². The molecule has 0 saturated carbocycles. The molecule has 0 bridgehead atoms. The van der Waals surface area contributed by atoms with Crippen LogP contribution >= 0.6 is 0 Å². The Morgan fingerprint density at radius 3 is 2.14 bits per heavy atom. The van der Waals surface area contributed by atoms with Crippen LogP contribution in [0.5, 0.6) is 0 Å². The molecular formula is C21H21FN4O2. The minimum atomic E-state index is -0.351. The molecule has 0 aliphatic carbocycles. The van der Waals surface area contributed by atoms with Gasteiger partial charge in [0.1, 0.15) is 5.82 Å². The zero-order valence-electron chi connectivity index (χ0n) is 15.8. The normalized spacial score (nSPS) is 10.4. The summed E-state index contributed by atoms with van der Waals surface area (Å²) in [5.74, 6) is -0.641. The lowest BCUT2D eigenvalue weighted by Crippen LogP contribution is -2.24. The van der Waals surface area contributed by atoms with E-state index in [4.69, 9.17) is 0 Å². The van der Waals surface area contributed by atoms with E-state index in [1.807, 2.05) is 6.92 Å². The van der Waals surface area contributed by atoms with Crippen LogP contribution in [-0.2, 0) is 0 Å². The van der Waals surface area contributed by atoms with Crippen LogP contribution in [0.1, 0.15) is 21.7 Å². The summed E-state index contributed by atoms with van der Waals surface area (Å²) in [6.45, 7) is 3.61. The molecule has 3 rings (SSSR count). The highest BCUT2D eigenvalue weighted by atomic mass is 19.1. The predicted molar refractivity (Wildman–Crippen MR) is 108 cm³/mol. The van der Waals surface area contributed by atoms with Gasteiger partial charge < -0.3 is 20.5 Å². The molecule has 7 heteroatoms. The lowest BCUT2D eigenvalue weighted by molar-refractivity contribution is 0.102. The lowest BCUT2D eigenvalue weighted by atomic mass is 10.2. The second-order valence-corrected chi connectivity index (χ2v) is 6.31. The van der Waals surface area contributed by atoms with E-state index in [0.717, 1.165) is 5.69 Å². The summed E-state index contributed by atoms with van der Waals surface area (Å²) in [6.07, 6.45) is 0. The molecule has 0 unspecified atom stereocenters. The van der Waals surface area contributed by atoms with E-state index < -0.39 is 0 Å². The van der Waals surface area contributed by atoms with Crippen molar-refractivity contribution in [2.45, 2.75) is 13.8 Å². The summed E-state index contributed by atoms with van der Waals surface area (Å²) >= 11 is 0. The number of aryl methyl sites for hydroxylation is 1. The van der Waals surface area contributed by atoms with Crippen molar-refractivity contribution >= 4 is 23.3 Å². The molecule has 3 amide bonds. The van der Waals surface area contributed by atoms with E-state index >= 15 is 0 Å². The number of carbonyl (C=O) groups excluding carboxylic acids is 2. The Balaban J connectivity index is 1.81. The van der Waals surface area contributed by atoms with Crippen LogP contribution < -0.4 is 16.0 Å². The van der Waals surface area contributed by atoms with Crippen molar-refractivity contribution in [2.24, 2.45) is 0 Å². The molecule has 28 heavy (non-hydrogen) atoms. The third-order valence-electron chi connectivity index (χ3n) is 4.40. The number of para-hydroxylation sites is 1. The summed E-state index contributed by atoms with van der Waals surface area (Å²) < 4.78 is 15.9. The van der Waals surface area contributed by atoms with Crippen LogP contribution in [0.4, 0.5) is 20.6 Å². The minimum absolute atomic E-state index is 0.289. The molecule has 0 saturated heterocycles. The molecule has 2 aromatic carbocycles. The van der Waals surface area contributed by atoms with Gasteiger partial charge in [0.15, 0.2) is 0 Å². The number of benzene rings is 2. The van der Waals surface area contributed by atoms with Gasteiger partial charge in [-0.3, -0.25) is 4.79 Å². The summed E-state index contributed by atoms with van der Waals surface area (Å²) in [7, 11) is 1.53. The number of rotatable bonds is 4. The van der Waals surface area contributed by atoms with Gasteiger partial charge in [0, 0.05) is 29.8 Å². The molecule has 0 radical (unpaired) electrons. The third-order valence-corrected chi connectivity index (χ3v) is 4.40. The Morgan fingerprint density at radius 2 is 1.54 bits per heavy atom. The fraction of sp³-hybridized carbons (Fsp3) is 0.143. The van der Waals surface area contributed by atoms with Crippen LogP contribution in [0, 0.1) is 19.7 Å². The third kappa shape index (κ3) is 3.88. The van der Waals surface area contributed by atoms with Gasteiger partial charge in [0.25, 0.3) is 5.91 Å². The average Bonchev–Trinajstić information content (AvgIpc) is 2.98. The molecule has 0 aliphatic heterocycles. The molecule has 0 atom stereocenters. The highest BCUT2D eigenvalue weighted by Gasteiger charge is 2.18. The van der Waals surface area contributed by atoms with Gasteiger partial charge in [-0.2, -0.15) is 0 Å². The van der Waals surface area contributed by atoms with Gasteiger partial charge in [-0.25, -0.2) is 9.18 Å². The Morgan fingerprint density at radius 1 is 0.929 bits per heavy atom. The maximum Gasteiger partial charge on any atom is 0.318 e. The van der Waals surface area contributed by atoms with Crippen LogP contribution in [0.25, 0.3) is 5.69 Å². The predicted octanol–water partition coefficient (Wildman–Crippen LogP) is 4.24. The van der Waals surface area contributed by atoms with Crippen LogP contribution in [0.2, 0.25) is 0 Å². The Kier molecular flexibility index (Phi) is 5.44. The Bertz CT molecular complexity index is 1030. The number of nitrogens with one attached hydrogen (secondary N) is 3. The molecule has 1 heterocycles. The maximum atomic E-state index is 14.2. The second kappa shape index (κ2) is 7.96. The van der Waals surface area contributed by atoms with Crippen LogP contribution in [0.15, 0.2) is 54.6 Å². The fourth-order valence-electron chi connectivity index (χ4n) is 3.03. The smallest absolute Gasteiger partial charge is 0.318 e. The van der Waals surface area contributed by atoms with Gasteiger partial charge in [-0.15, -0.1) is 0 Å². The number of amides is 3. The van der Waals surface area contributed by atoms with Crippen LogP contribution in [0.3, 0.4) is 0 Å². The first-order valence-corrected chi connectivity index (χ1v) is 8.74. The van der Waals surface area contributed by atoms with Crippen molar-refractivity contribution in [3.63, 3.8) is 0 Å². The number of nitrogens with zero attached hydrogens (tertiary/aromatic N) is 1. The maximum absolute atomic E-state index is 14.2. The van der Waals surface area contributed by atoms with E-state index in [1.54, 1.807) is 60.0 Å². The van der Waals surface area contributed by atoms with Crippen molar-refractivity contribution in [3.8, 4) is 5.69 Å². The first-order chi connectivity index (χ1) is 13.4. The number of carbonyl (C=O) groups is 2. The molecule has 0 spiro atoms. The van der Waals surface area contributed by atoms with E-state index in [0.29, 0.717) is 28.3 Å². The minimum Gasteiger partial charge on any atom is -0.341 e. The zero-order chi connectivity index (χ0) is 20.3. The Hall–Kier alpha value is -3.61. The molecule has 3 aromatic rings.